The molecule has 1 aliphatic rings. The smallest absolute Gasteiger partial charge is 0.253 e. The molecule has 0 saturated carbocycles. The number of rotatable bonds is 5. The van der Waals surface area contributed by atoms with Crippen LogP contribution in [-0.2, 0) is 6.54 Å². The number of aryl methyl sites for hydroxylation is 2. The van der Waals surface area contributed by atoms with E-state index in [0.717, 1.165) is 49.7 Å². The largest absolute Gasteiger partial charge is 0.361 e. The summed E-state index contributed by atoms with van der Waals surface area (Å²) in [6.07, 6.45) is 0. The summed E-state index contributed by atoms with van der Waals surface area (Å²) in [4.78, 5) is 18.3. The molecule has 26 heavy (non-hydrogen) atoms. The monoisotopic (exact) mass is 373 g/mol. The maximum Gasteiger partial charge on any atom is 0.253 e. The van der Waals surface area contributed by atoms with Crippen LogP contribution in [0.4, 0.5) is 0 Å². The number of carbonyl (C=O) groups excluding carboxylic acids is 1. The second kappa shape index (κ2) is 8.27. The van der Waals surface area contributed by atoms with Crippen molar-refractivity contribution in [1.29, 1.82) is 0 Å². The van der Waals surface area contributed by atoms with Crippen LogP contribution >= 0.6 is 11.8 Å². The highest BCUT2D eigenvalue weighted by Crippen LogP contribution is 2.23. The highest BCUT2D eigenvalue weighted by atomic mass is 32.2. The highest BCUT2D eigenvalue weighted by Gasteiger charge is 2.23. The van der Waals surface area contributed by atoms with Gasteiger partial charge in [-0.3, -0.25) is 9.69 Å². The first-order chi connectivity index (χ1) is 12.4. The zero-order chi connectivity index (χ0) is 18.7. The number of piperazine rings is 1. The molecule has 1 amide bonds. The summed E-state index contributed by atoms with van der Waals surface area (Å²) in [6, 6.07) is 7.99. The number of hydrogen-bond acceptors (Lipinski definition) is 5. The summed E-state index contributed by atoms with van der Waals surface area (Å²) in [7, 11) is 0. The molecule has 0 spiro atoms. The lowest BCUT2D eigenvalue weighted by molar-refractivity contribution is 0.0627. The lowest BCUT2D eigenvalue weighted by atomic mass is 10.1. The van der Waals surface area contributed by atoms with Crippen molar-refractivity contribution in [2.45, 2.75) is 44.4 Å². The van der Waals surface area contributed by atoms with E-state index in [4.69, 9.17) is 4.52 Å². The topological polar surface area (TPSA) is 49.6 Å². The van der Waals surface area contributed by atoms with Gasteiger partial charge in [-0.2, -0.15) is 0 Å². The fourth-order valence-corrected chi connectivity index (χ4v) is 4.03. The Morgan fingerprint density at radius 1 is 1.15 bits per heavy atom. The second-order valence-electron chi connectivity index (χ2n) is 7.06. The first kappa shape index (κ1) is 19.0. The first-order valence-electron chi connectivity index (χ1n) is 9.14. The van der Waals surface area contributed by atoms with Gasteiger partial charge in [0, 0.05) is 54.0 Å². The van der Waals surface area contributed by atoms with Crippen LogP contribution in [0.2, 0.25) is 0 Å². The van der Waals surface area contributed by atoms with Crippen LogP contribution in [0, 0.1) is 13.8 Å². The van der Waals surface area contributed by atoms with Crippen molar-refractivity contribution < 1.29 is 9.32 Å². The zero-order valence-electron chi connectivity index (χ0n) is 16.0. The highest BCUT2D eigenvalue weighted by molar-refractivity contribution is 7.99. The van der Waals surface area contributed by atoms with Crippen molar-refractivity contribution in [2.24, 2.45) is 0 Å². The van der Waals surface area contributed by atoms with E-state index in [0.29, 0.717) is 5.25 Å². The average molecular weight is 374 g/mol. The minimum Gasteiger partial charge on any atom is -0.361 e. The van der Waals surface area contributed by atoms with E-state index in [1.54, 1.807) is 0 Å². The van der Waals surface area contributed by atoms with E-state index in [-0.39, 0.29) is 5.91 Å². The number of thioether (sulfide) groups is 1. The van der Waals surface area contributed by atoms with E-state index < -0.39 is 0 Å². The van der Waals surface area contributed by atoms with Crippen LogP contribution in [-0.4, -0.2) is 52.3 Å². The molecule has 0 radical (unpaired) electrons. The third-order valence-electron chi connectivity index (χ3n) is 4.70. The number of benzene rings is 1. The van der Waals surface area contributed by atoms with Crippen molar-refractivity contribution >= 4 is 17.7 Å². The van der Waals surface area contributed by atoms with Crippen molar-refractivity contribution in [3.63, 3.8) is 0 Å². The molecule has 0 atom stereocenters. The van der Waals surface area contributed by atoms with Gasteiger partial charge in [0.05, 0.1) is 5.69 Å². The summed E-state index contributed by atoms with van der Waals surface area (Å²) in [6.45, 7) is 12.4. The molecule has 0 unspecified atom stereocenters. The third-order valence-corrected chi connectivity index (χ3v) is 5.71. The molecule has 1 aromatic heterocycles. The summed E-state index contributed by atoms with van der Waals surface area (Å²) in [5, 5.41) is 4.57. The van der Waals surface area contributed by atoms with Gasteiger partial charge in [0.2, 0.25) is 0 Å². The Balaban J connectivity index is 1.55. The molecule has 6 heteroatoms. The summed E-state index contributed by atoms with van der Waals surface area (Å²) in [5.74, 6) is 1.02. The zero-order valence-corrected chi connectivity index (χ0v) is 16.8. The molecule has 1 aromatic carbocycles. The number of nitrogens with zero attached hydrogens (tertiary/aromatic N) is 3. The van der Waals surface area contributed by atoms with Gasteiger partial charge in [0.15, 0.2) is 0 Å². The van der Waals surface area contributed by atoms with Gasteiger partial charge < -0.3 is 9.42 Å². The lowest BCUT2D eigenvalue weighted by Gasteiger charge is -2.34. The molecule has 0 bridgehead atoms. The van der Waals surface area contributed by atoms with Crippen molar-refractivity contribution in [1.82, 2.24) is 15.0 Å². The van der Waals surface area contributed by atoms with Gasteiger partial charge in [0.25, 0.3) is 5.91 Å². The normalized spacial score (nSPS) is 15.7. The summed E-state index contributed by atoms with van der Waals surface area (Å²) >= 11 is 1.81. The third kappa shape index (κ3) is 4.48. The maximum atomic E-state index is 12.7. The molecule has 2 heterocycles. The summed E-state index contributed by atoms with van der Waals surface area (Å²) < 4.78 is 5.24. The molecule has 1 fully saturated rings. The Hall–Kier alpha value is -1.79. The minimum atomic E-state index is 0.128. The predicted molar refractivity (Wildman–Crippen MR) is 105 cm³/mol. The van der Waals surface area contributed by atoms with Gasteiger partial charge >= 0.3 is 0 Å². The van der Waals surface area contributed by atoms with Crippen molar-refractivity contribution in [3.05, 3.63) is 46.8 Å². The molecule has 1 aliphatic heterocycles. The van der Waals surface area contributed by atoms with E-state index in [2.05, 4.69) is 23.9 Å². The van der Waals surface area contributed by atoms with Gasteiger partial charge in [-0.15, -0.1) is 11.8 Å². The Kier molecular flexibility index (Phi) is 6.04. The lowest BCUT2D eigenvalue weighted by Crippen LogP contribution is -2.48. The van der Waals surface area contributed by atoms with Gasteiger partial charge in [-0.1, -0.05) is 19.0 Å². The van der Waals surface area contributed by atoms with Gasteiger partial charge in [-0.25, -0.2) is 0 Å². The molecule has 5 nitrogen and oxygen atoms in total. The molecule has 1 saturated heterocycles. The van der Waals surface area contributed by atoms with Crippen molar-refractivity contribution in [3.8, 4) is 0 Å². The van der Waals surface area contributed by atoms with E-state index in [9.17, 15) is 4.79 Å². The predicted octanol–water partition coefficient (Wildman–Crippen LogP) is 3.75. The van der Waals surface area contributed by atoms with Crippen LogP contribution in [0.5, 0.6) is 0 Å². The van der Waals surface area contributed by atoms with E-state index in [1.807, 2.05) is 54.8 Å². The second-order valence-corrected chi connectivity index (χ2v) is 8.71. The van der Waals surface area contributed by atoms with Gasteiger partial charge in [-0.05, 0) is 38.1 Å². The van der Waals surface area contributed by atoms with Crippen LogP contribution < -0.4 is 0 Å². The number of amides is 1. The standard InChI is InChI=1S/C20H27N3O2S/c1-14(2)26-18-7-5-17(6-8-18)20(24)23-11-9-22(10-12-23)13-19-15(3)21-25-16(19)4/h5-8,14H,9-13H2,1-4H3. The average Bonchev–Trinajstić information content (AvgIpc) is 2.94. The maximum absolute atomic E-state index is 12.7. The van der Waals surface area contributed by atoms with E-state index in [1.165, 1.54) is 10.5 Å². The quantitative estimate of drug-likeness (QED) is 0.747. The fourth-order valence-electron chi connectivity index (χ4n) is 3.19. The Bertz CT molecular complexity index is 727. The van der Waals surface area contributed by atoms with Crippen LogP contribution in [0.15, 0.2) is 33.7 Å². The minimum absolute atomic E-state index is 0.128. The van der Waals surface area contributed by atoms with Crippen LogP contribution in [0.3, 0.4) is 0 Å². The molecule has 2 aromatic rings. The Morgan fingerprint density at radius 3 is 2.35 bits per heavy atom. The number of hydrogen-bond donors (Lipinski definition) is 0. The fraction of sp³-hybridized carbons (Fsp3) is 0.500. The van der Waals surface area contributed by atoms with E-state index >= 15 is 0 Å². The Labute approximate surface area is 159 Å². The SMILES string of the molecule is Cc1noc(C)c1CN1CCN(C(=O)c2ccc(SC(C)C)cc2)CC1. The number of aromatic nitrogens is 1. The van der Waals surface area contributed by atoms with Crippen molar-refractivity contribution in [2.75, 3.05) is 26.2 Å². The summed E-state index contributed by atoms with van der Waals surface area (Å²) in [5.41, 5.74) is 2.90. The molecular weight excluding hydrogens is 346 g/mol. The molecule has 3 rings (SSSR count). The molecule has 0 N–H and O–H groups in total. The molecule has 140 valence electrons. The first-order valence-corrected chi connectivity index (χ1v) is 10.0. The Morgan fingerprint density at radius 2 is 1.81 bits per heavy atom. The van der Waals surface area contributed by atoms with Crippen LogP contribution in [0.1, 0.15) is 41.2 Å². The number of carbonyl (C=O) groups is 1. The molecular formula is C20H27N3O2S. The molecule has 0 aliphatic carbocycles. The van der Waals surface area contributed by atoms with Gasteiger partial charge in [0.1, 0.15) is 5.76 Å². The van der Waals surface area contributed by atoms with Crippen LogP contribution in [0.25, 0.3) is 0 Å².